The Morgan fingerprint density at radius 1 is 0.526 bits per heavy atom. The number of fused-ring (bicyclic) bond motifs is 12. The summed E-state index contributed by atoms with van der Waals surface area (Å²) in [7, 11) is 0. The third-order valence-electron chi connectivity index (χ3n) is 12.8. The molecular weight excluding hydrogens is 691 g/mol. The second-order valence-corrected chi connectivity index (χ2v) is 15.7. The van der Waals surface area contributed by atoms with Crippen molar-refractivity contribution in [3.63, 3.8) is 0 Å². The van der Waals surface area contributed by atoms with Gasteiger partial charge in [0, 0.05) is 34.1 Å². The Morgan fingerprint density at radius 3 is 1.93 bits per heavy atom. The van der Waals surface area contributed by atoms with E-state index in [1.807, 2.05) is 0 Å². The molecule has 0 aromatic heterocycles. The van der Waals surface area contributed by atoms with Crippen LogP contribution in [0.25, 0.3) is 28.0 Å². The van der Waals surface area contributed by atoms with E-state index in [4.69, 9.17) is 0 Å². The van der Waals surface area contributed by atoms with Gasteiger partial charge in [-0.2, -0.15) is 0 Å². The SMILES string of the molecule is C1=CC(c2ccc(-c3cc4c5c(c3Nc3ccccc3)C3C=CC=CC3N5c3ccccc3C43c4ccccc4-c4ccccc43)cc2)NC(c2ccccc2)=C1. The molecule has 12 rings (SSSR count). The van der Waals surface area contributed by atoms with Crippen molar-refractivity contribution in [1.82, 2.24) is 5.32 Å². The molecule has 2 N–H and O–H groups in total. The average molecular weight is 730 g/mol. The van der Waals surface area contributed by atoms with Crippen molar-refractivity contribution in [2.24, 2.45) is 0 Å². The first-order valence-electron chi connectivity index (χ1n) is 20.1. The van der Waals surface area contributed by atoms with Gasteiger partial charge in [-0.25, -0.2) is 0 Å². The number of hydrogen-bond acceptors (Lipinski definition) is 3. The van der Waals surface area contributed by atoms with Gasteiger partial charge < -0.3 is 15.5 Å². The zero-order valence-corrected chi connectivity index (χ0v) is 31.3. The van der Waals surface area contributed by atoms with E-state index in [1.54, 1.807) is 0 Å². The molecule has 3 aliphatic heterocycles. The maximum Gasteiger partial charge on any atom is 0.0754 e. The van der Waals surface area contributed by atoms with E-state index in [1.165, 1.54) is 78.3 Å². The predicted molar refractivity (Wildman–Crippen MR) is 235 cm³/mol. The molecule has 0 bridgehead atoms. The van der Waals surface area contributed by atoms with Gasteiger partial charge in [-0.3, -0.25) is 0 Å². The topological polar surface area (TPSA) is 27.3 Å². The molecule has 0 fully saturated rings. The number of dihydropyridines is 1. The Kier molecular flexibility index (Phi) is 7.03. The molecule has 3 unspecified atom stereocenters. The average Bonchev–Trinajstić information content (AvgIpc) is 3.79. The fraction of sp³-hybridized carbons (Fsp3) is 0.0741. The number of nitrogens with zero attached hydrogens (tertiary/aromatic N) is 1. The number of hydrogen-bond donors (Lipinski definition) is 2. The lowest BCUT2D eigenvalue weighted by Crippen LogP contribution is -2.39. The second-order valence-electron chi connectivity index (χ2n) is 15.7. The fourth-order valence-electron chi connectivity index (χ4n) is 10.5. The highest BCUT2D eigenvalue weighted by molar-refractivity contribution is 6.01. The molecule has 7 aromatic carbocycles. The number of para-hydroxylation sites is 2. The van der Waals surface area contributed by atoms with Crippen molar-refractivity contribution in [2.75, 3.05) is 10.2 Å². The van der Waals surface area contributed by atoms with Gasteiger partial charge >= 0.3 is 0 Å². The zero-order chi connectivity index (χ0) is 37.5. The highest BCUT2D eigenvalue weighted by Gasteiger charge is 2.56. The lowest BCUT2D eigenvalue weighted by molar-refractivity contribution is 0.705. The molecular formula is C54H39N3. The first-order chi connectivity index (χ1) is 28.3. The van der Waals surface area contributed by atoms with Crippen LogP contribution in [0.4, 0.5) is 22.7 Å². The smallest absolute Gasteiger partial charge is 0.0754 e. The second kappa shape index (κ2) is 12.5. The Bertz CT molecular complexity index is 2820. The van der Waals surface area contributed by atoms with Crippen molar-refractivity contribution in [2.45, 2.75) is 23.4 Å². The summed E-state index contributed by atoms with van der Waals surface area (Å²) < 4.78 is 0. The van der Waals surface area contributed by atoms with Crippen LogP contribution in [0.2, 0.25) is 0 Å². The molecule has 0 saturated carbocycles. The largest absolute Gasteiger partial charge is 0.374 e. The van der Waals surface area contributed by atoms with E-state index >= 15 is 0 Å². The van der Waals surface area contributed by atoms with Crippen LogP contribution in [0, 0.1) is 0 Å². The molecule has 57 heavy (non-hydrogen) atoms. The van der Waals surface area contributed by atoms with Crippen LogP contribution >= 0.6 is 0 Å². The number of benzene rings is 7. The van der Waals surface area contributed by atoms with Gasteiger partial charge in [-0.05, 0) is 80.4 Å². The zero-order valence-electron chi connectivity index (χ0n) is 31.3. The third kappa shape index (κ3) is 4.60. The van der Waals surface area contributed by atoms with Gasteiger partial charge in [0.15, 0.2) is 0 Å². The summed E-state index contributed by atoms with van der Waals surface area (Å²) >= 11 is 0. The number of rotatable bonds is 5. The van der Waals surface area contributed by atoms with Gasteiger partial charge in [-0.1, -0.05) is 176 Å². The van der Waals surface area contributed by atoms with Crippen molar-refractivity contribution >= 4 is 28.4 Å². The van der Waals surface area contributed by atoms with Gasteiger partial charge in [0.25, 0.3) is 0 Å². The van der Waals surface area contributed by atoms with Crippen LogP contribution in [-0.4, -0.2) is 6.04 Å². The van der Waals surface area contributed by atoms with E-state index in [0.717, 1.165) is 11.4 Å². The summed E-state index contributed by atoms with van der Waals surface area (Å²) in [6, 6.07) is 60.7. The predicted octanol–water partition coefficient (Wildman–Crippen LogP) is 12.7. The van der Waals surface area contributed by atoms with Crippen molar-refractivity contribution in [1.29, 1.82) is 0 Å². The Morgan fingerprint density at radius 2 is 1.18 bits per heavy atom. The summed E-state index contributed by atoms with van der Waals surface area (Å²) in [4.78, 5) is 2.65. The quantitative estimate of drug-likeness (QED) is 0.185. The molecule has 0 radical (unpaired) electrons. The summed E-state index contributed by atoms with van der Waals surface area (Å²) in [6.45, 7) is 0. The molecule has 2 aliphatic carbocycles. The van der Waals surface area contributed by atoms with Gasteiger partial charge in [-0.15, -0.1) is 0 Å². The van der Waals surface area contributed by atoms with Crippen molar-refractivity contribution < 1.29 is 0 Å². The Hall–Kier alpha value is -7.10. The minimum Gasteiger partial charge on any atom is -0.374 e. The molecule has 1 spiro atoms. The minimum atomic E-state index is -0.498. The monoisotopic (exact) mass is 729 g/mol. The van der Waals surface area contributed by atoms with Gasteiger partial charge in [0.05, 0.1) is 28.9 Å². The number of anilines is 4. The summed E-state index contributed by atoms with van der Waals surface area (Å²) in [5, 5.41) is 7.82. The molecule has 7 aromatic rings. The first kappa shape index (κ1) is 32.2. The van der Waals surface area contributed by atoms with Crippen LogP contribution < -0.4 is 15.5 Å². The van der Waals surface area contributed by atoms with Gasteiger partial charge in [0.2, 0.25) is 0 Å². The van der Waals surface area contributed by atoms with Crippen LogP contribution in [0.1, 0.15) is 50.9 Å². The third-order valence-corrected chi connectivity index (χ3v) is 12.8. The van der Waals surface area contributed by atoms with E-state index in [9.17, 15) is 0 Å². The molecule has 0 saturated heterocycles. The highest BCUT2D eigenvalue weighted by atomic mass is 15.2. The molecule has 270 valence electrons. The Balaban J connectivity index is 1.11. The van der Waals surface area contributed by atoms with Crippen molar-refractivity contribution in [3.8, 4) is 22.3 Å². The van der Waals surface area contributed by atoms with Crippen molar-refractivity contribution in [3.05, 3.63) is 245 Å². The summed E-state index contributed by atoms with van der Waals surface area (Å²) in [5.74, 6) is 0.157. The molecule has 3 nitrogen and oxygen atoms in total. The standard InChI is InChI=1S/C54H39N3/c1-3-16-36(17-4-1)47-26-15-27-48(56-47)37-32-30-35(31-33-37)42-34-46-53-51(52(42)55-38-18-5-2-6-19-38)41-22-9-13-28-49(41)57(53)50-29-14-12-25-45(50)54(46)43-23-10-7-20-39(43)40-21-8-11-24-44(40)54/h1-34,41,48-49,55-56H. The van der Waals surface area contributed by atoms with E-state index in [-0.39, 0.29) is 18.0 Å². The molecule has 3 heterocycles. The lowest BCUT2D eigenvalue weighted by atomic mass is 9.64. The maximum absolute atomic E-state index is 4.03. The normalized spacial score (nSPS) is 19.5. The summed E-state index contributed by atoms with van der Waals surface area (Å²) in [5.41, 5.74) is 19.7. The highest BCUT2D eigenvalue weighted by Crippen LogP contribution is 2.67. The molecule has 5 aliphatic rings. The molecule has 3 heteroatoms. The van der Waals surface area contributed by atoms with E-state index < -0.39 is 5.41 Å². The van der Waals surface area contributed by atoms with Crippen LogP contribution in [0.3, 0.4) is 0 Å². The minimum absolute atomic E-state index is 0.0714. The van der Waals surface area contributed by atoms with Crippen LogP contribution in [-0.2, 0) is 5.41 Å². The van der Waals surface area contributed by atoms with E-state index in [2.05, 4.69) is 222 Å². The summed E-state index contributed by atoms with van der Waals surface area (Å²) in [6.07, 6.45) is 15.9. The molecule has 0 amide bonds. The van der Waals surface area contributed by atoms with Crippen LogP contribution in [0.5, 0.6) is 0 Å². The van der Waals surface area contributed by atoms with Gasteiger partial charge in [0.1, 0.15) is 0 Å². The van der Waals surface area contributed by atoms with Crippen LogP contribution in [0.15, 0.2) is 206 Å². The maximum atomic E-state index is 4.03. The van der Waals surface area contributed by atoms with E-state index in [0.29, 0.717) is 0 Å². The fourth-order valence-corrected chi connectivity index (χ4v) is 10.5. The number of allylic oxidation sites excluding steroid dienone is 4. The molecule has 3 atom stereocenters. The Labute approximate surface area is 333 Å². The number of nitrogens with one attached hydrogen (secondary N) is 2. The first-order valence-corrected chi connectivity index (χ1v) is 20.1. The lowest BCUT2D eigenvalue weighted by Gasteiger charge is -2.45.